The van der Waals surface area contributed by atoms with Crippen LogP contribution >= 0.6 is 0 Å². The third-order valence-corrected chi connectivity index (χ3v) is 4.12. The first kappa shape index (κ1) is 15.3. The van der Waals surface area contributed by atoms with E-state index in [4.69, 9.17) is 0 Å². The molecule has 0 radical (unpaired) electrons. The monoisotopic (exact) mass is 302 g/mol. The minimum absolute atomic E-state index is 0.854. The Morgan fingerprint density at radius 1 is 0.739 bits per heavy atom. The van der Waals surface area contributed by atoms with E-state index in [0.29, 0.717) is 0 Å². The molecule has 2 heteroatoms. The second kappa shape index (κ2) is 7.10. The Bertz CT molecular complexity index is 766. The number of anilines is 1. The van der Waals surface area contributed by atoms with Crippen LogP contribution in [0, 0.1) is 13.8 Å². The Kier molecular flexibility index (Phi) is 4.72. The van der Waals surface area contributed by atoms with Gasteiger partial charge in [-0.25, -0.2) is 4.98 Å². The molecule has 0 bridgehead atoms. The van der Waals surface area contributed by atoms with Crippen molar-refractivity contribution in [2.45, 2.75) is 26.9 Å². The summed E-state index contributed by atoms with van der Waals surface area (Å²) in [6, 6.07) is 23.3. The van der Waals surface area contributed by atoms with E-state index in [1.807, 2.05) is 12.3 Å². The van der Waals surface area contributed by atoms with Crippen LogP contribution in [-0.2, 0) is 13.1 Å². The summed E-state index contributed by atoms with van der Waals surface area (Å²) in [5.74, 6) is 1.06. The highest BCUT2D eigenvalue weighted by atomic mass is 15.2. The molecule has 1 aromatic heterocycles. The number of pyridine rings is 1. The van der Waals surface area contributed by atoms with Crippen molar-refractivity contribution in [3.63, 3.8) is 0 Å². The quantitative estimate of drug-likeness (QED) is 0.666. The lowest BCUT2D eigenvalue weighted by molar-refractivity contribution is 0.776. The van der Waals surface area contributed by atoms with Crippen LogP contribution in [0.2, 0.25) is 0 Å². The van der Waals surface area contributed by atoms with Crippen LogP contribution in [0.1, 0.15) is 22.3 Å². The fourth-order valence-corrected chi connectivity index (χ4v) is 2.81. The maximum Gasteiger partial charge on any atom is 0.132 e. The van der Waals surface area contributed by atoms with Crippen molar-refractivity contribution in [1.29, 1.82) is 0 Å². The Morgan fingerprint density at radius 2 is 1.43 bits per heavy atom. The number of aryl methyl sites for hydroxylation is 2. The van der Waals surface area contributed by atoms with E-state index in [1.54, 1.807) is 0 Å². The van der Waals surface area contributed by atoms with Gasteiger partial charge in [0.25, 0.3) is 0 Å². The molecule has 0 spiro atoms. The van der Waals surface area contributed by atoms with E-state index in [9.17, 15) is 0 Å². The molecule has 3 rings (SSSR count). The van der Waals surface area contributed by atoms with E-state index in [0.717, 1.165) is 18.9 Å². The Hall–Kier alpha value is -2.61. The van der Waals surface area contributed by atoms with E-state index in [1.165, 1.54) is 22.3 Å². The maximum absolute atomic E-state index is 4.63. The van der Waals surface area contributed by atoms with Crippen molar-refractivity contribution in [2.24, 2.45) is 0 Å². The van der Waals surface area contributed by atoms with Crippen molar-refractivity contribution in [2.75, 3.05) is 4.90 Å². The Morgan fingerprint density at radius 3 is 2.17 bits per heavy atom. The van der Waals surface area contributed by atoms with Crippen molar-refractivity contribution in [1.82, 2.24) is 4.98 Å². The molecule has 0 saturated carbocycles. The van der Waals surface area contributed by atoms with Crippen LogP contribution in [0.3, 0.4) is 0 Å². The lowest BCUT2D eigenvalue weighted by Crippen LogP contribution is -2.24. The molecular weight excluding hydrogens is 280 g/mol. The lowest BCUT2D eigenvalue weighted by Gasteiger charge is -2.26. The van der Waals surface area contributed by atoms with Gasteiger partial charge in [-0.3, -0.25) is 0 Å². The Balaban J connectivity index is 1.93. The molecular formula is C21H22N2. The first-order valence-electron chi connectivity index (χ1n) is 7.99. The predicted octanol–water partition coefficient (Wildman–Crippen LogP) is 4.91. The fourth-order valence-electron chi connectivity index (χ4n) is 2.81. The summed E-state index contributed by atoms with van der Waals surface area (Å²) < 4.78 is 0. The summed E-state index contributed by atoms with van der Waals surface area (Å²) in [7, 11) is 0. The van der Waals surface area contributed by atoms with E-state index in [2.05, 4.69) is 84.4 Å². The molecule has 0 fully saturated rings. The lowest BCUT2D eigenvalue weighted by atomic mass is 10.1. The molecule has 0 atom stereocenters. The number of aromatic nitrogens is 1. The standard InChI is InChI=1S/C21H22N2/c1-17-9-6-7-13-20(17)16-23(15-19-11-4-3-5-12-19)21-18(2)10-8-14-22-21/h3-14H,15-16H2,1-2H3. The maximum atomic E-state index is 4.63. The molecule has 0 N–H and O–H groups in total. The molecule has 0 unspecified atom stereocenters. The van der Waals surface area contributed by atoms with Crippen molar-refractivity contribution < 1.29 is 0 Å². The number of hydrogen-bond donors (Lipinski definition) is 0. The molecule has 0 aliphatic heterocycles. The van der Waals surface area contributed by atoms with Crippen molar-refractivity contribution in [3.05, 3.63) is 95.2 Å². The zero-order valence-electron chi connectivity index (χ0n) is 13.7. The second-order valence-corrected chi connectivity index (χ2v) is 5.91. The van der Waals surface area contributed by atoms with Crippen LogP contribution in [0.15, 0.2) is 72.9 Å². The predicted molar refractivity (Wildman–Crippen MR) is 96.5 cm³/mol. The van der Waals surface area contributed by atoms with Crippen LogP contribution < -0.4 is 4.90 Å². The molecule has 0 saturated heterocycles. The van der Waals surface area contributed by atoms with Crippen LogP contribution in [0.5, 0.6) is 0 Å². The molecule has 23 heavy (non-hydrogen) atoms. The molecule has 0 aliphatic carbocycles. The number of nitrogens with zero attached hydrogens (tertiary/aromatic N) is 2. The fraction of sp³-hybridized carbons (Fsp3) is 0.190. The third-order valence-electron chi connectivity index (χ3n) is 4.12. The van der Waals surface area contributed by atoms with Gasteiger partial charge in [0.15, 0.2) is 0 Å². The topological polar surface area (TPSA) is 16.1 Å². The molecule has 2 nitrogen and oxygen atoms in total. The number of benzene rings is 2. The van der Waals surface area contributed by atoms with Gasteiger partial charge in [-0.05, 0) is 42.2 Å². The van der Waals surface area contributed by atoms with E-state index >= 15 is 0 Å². The molecule has 0 aliphatic rings. The van der Waals surface area contributed by atoms with Gasteiger partial charge < -0.3 is 4.90 Å². The van der Waals surface area contributed by atoms with Gasteiger partial charge in [0.2, 0.25) is 0 Å². The zero-order chi connectivity index (χ0) is 16.1. The highest BCUT2D eigenvalue weighted by Gasteiger charge is 2.13. The molecule has 0 amide bonds. The largest absolute Gasteiger partial charge is 0.348 e. The number of hydrogen-bond acceptors (Lipinski definition) is 2. The van der Waals surface area contributed by atoms with Gasteiger partial charge in [-0.15, -0.1) is 0 Å². The van der Waals surface area contributed by atoms with Gasteiger partial charge in [0.05, 0.1) is 0 Å². The van der Waals surface area contributed by atoms with Gasteiger partial charge in [-0.2, -0.15) is 0 Å². The minimum atomic E-state index is 0.854. The molecule has 1 heterocycles. The van der Waals surface area contributed by atoms with Crippen molar-refractivity contribution >= 4 is 5.82 Å². The first-order chi connectivity index (χ1) is 11.2. The summed E-state index contributed by atoms with van der Waals surface area (Å²) in [5.41, 5.74) is 5.16. The highest BCUT2D eigenvalue weighted by Crippen LogP contribution is 2.22. The van der Waals surface area contributed by atoms with Gasteiger partial charge in [0.1, 0.15) is 5.82 Å². The average Bonchev–Trinajstić information content (AvgIpc) is 2.58. The van der Waals surface area contributed by atoms with Gasteiger partial charge in [0, 0.05) is 19.3 Å². The normalized spacial score (nSPS) is 10.5. The SMILES string of the molecule is Cc1ccccc1CN(Cc1ccccc1)c1ncccc1C. The smallest absolute Gasteiger partial charge is 0.132 e. The minimum Gasteiger partial charge on any atom is -0.348 e. The van der Waals surface area contributed by atoms with Crippen LogP contribution in [0.25, 0.3) is 0 Å². The Labute approximate surface area is 138 Å². The summed E-state index contributed by atoms with van der Waals surface area (Å²) in [4.78, 5) is 6.98. The summed E-state index contributed by atoms with van der Waals surface area (Å²) in [5, 5.41) is 0. The van der Waals surface area contributed by atoms with Gasteiger partial charge >= 0.3 is 0 Å². The number of rotatable bonds is 5. The van der Waals surface area contributed by atoms with Crippen LogP contribution in [-0.4, -0.2) is 4.98 Å². The highest BCUT2D eigenvalue weighted by molar-refractivity contribution is 5.47. The average molecular weight is 302 g/mol. The van der Waals surface area contributed by atoms with Crippen LogP contribution in [0.4, 0.5) is 5.82 Å². The van der Waals surface area contributed by atoms with E-state index in [-0.39, 0.29) is 0 Å². The molecule has 3 aromatic rings. The van der Waals surface area contributed by atoms with Gasteiger partial charge in [-0.1, -0.05) is 60.7 Å². The van der Waals surface area contributed by atoms with Crippen molar-refractivity contribution in [3.8, 4) is 0 Å². The second-order valence-electron chi connectivity index (χ2n) is 5.91. The third kappa shape index (κ3) is 3.78. The summed E-state index contributed by atoms with van der Waals surface area (Å²) in [6.45, 7) is 6.01. The molecule has 116 valence electrons. The van der Waals surface area contributed by atoms with E-state index < -0.39 is 0 Å². The summed E-state index contributed by atoms with van der Waals surface area (Å²) >= 11 is 0. The first-order valence-corrected chi connectivity index (χ1v) is 7.99. The molecule has 2 aromatic carbocycles. The zero-order valence-corrected chi connectivity index (χ0v) is 13.7. The summed E-state index contributed by atoms with van der Waals surface area (Å²) in [6.07, 6.45) is 1.87.